The Bertz CT molecular complexity index is 279. The highest BCUT2D eigenvalue weighted by atomic mass is 19.4. The molecule has 1 N–H and O–H groups in total. The molecule has 1 aliphatic heterocycles. The number of aliphatic hydroxyl groups is 1. The van der Waals surface area contributed by atoms with Gasteiger partial charge in [0.15, 0.2) is 11.9 Å². The molecule has 1 saturated heterocycles. The lowest BCUT2D eigenvalue weighted by atomic mass is 9.95. The summed E-state index contributed by atoms with van der Waals surface area (Å²) in [5.74, 6) is -0.680. The van der Waals surface area contributed by atoms with Crippen LogP contribution in [0.15, 0.2) is 12.2 Å². The lowest BCUT2D eigenvalue weighted by molar-refractivity contribution is -0.297. The summed E-state index contributed by atoms with van der Waals surface area (Å²) in [6.45, 7) is 4.68. The number of hydrogen-bond donors (Lipinski definition) is 1. The predicted octanol–water partition coefficient (Wildman–Crippen LogP) is 1.21. The molecule has 0 aliphatic carbocycles. The molecule has 0 aromatic rings. The Kier molecular flexibility index (Phi) is 3.20. The first-order chi connectivity index (χ1) is 6.73. The Morgan fingerprint density at radius 3 is 2.40 bits per heavy atom. The molecule has 15 heavy (non-hydrogen) atoms. The Labute approximate surface area is 84.5 Å². The van der Waals surface area contributed by atoms with Crippen molar-refractivity contribution in [1.29, 1.82) is 0 Å². The van der Waals surface area contributed by atoms with Crippen LogP contribution in [0.25, 0.3) is 0 Å². The summed E-state index contributed by atoms with van der Waals surface area (Å²) in [5, 5.41) is 9.29. The van der Waals surface area contributed by atoms with Crippen LogP contribution in [0.4, 0.5) is 13.2 Å². The molecular formula is C9H11F3O3. The fraction of sp³-hybridized carbons (Fsp3) is 0.667. The van der Waals surface area contributed by atoms with Crippen molar-refractivity contribution in [3.63, 3.8) is 0 Å². The maximum atomic E-state index is 12.0. The van der Waals surface area contributed by atoms with Gasteiger partial charge in [0.2, 0.25) is 0 Å². The van der Waals surface area contributed by atoms with Gasteiger partial charge in [-0.2, -0.15) is 13.2 Å². The minimum absolute atomic E-state index is 0.0987. The average Bonchev–Trinajstić information content (AvgIpc) is 1.96. The summed E-state index contributed by atoms with van der Waals surface area (Å²) in [6.07, 6.45) is -9.29. The van der Waals surface area contributed by atoms with E-state index in [1.165, 1.54) is 6.92 Å². The summed E-state index contributed by atoms with van der Waals surface area (Å²) in [5.41, 5.74) is 0.0987. The highest BCUT2D eigenvalue weighted by molar-refractivity contribution is 5.98. The molecule has 86 valence electrons. The number of halogens is 3. The first-order valence-corrected chi connectivity index (χ1v) is 4.33. The number of ketones is 1. The van der Waals surface area contributed by atoms with Gasteiger partial charge < -0.3 is 9.84 Å². The van der Waals surface area contributed by atoms with Crippen LogP contribution in [0.5, 0.6) is 0 Å². The van der Waals surface area contributed by atoms with Gasteiger partial charge in [-0.3, -0.25) is 4.79 Å². The molecule has 0 aromatic carbocycles. The van der Waals surface area contributed by atoms with E-state index in [1.807, 2.05) is 0 Å². The van der Waals surface area contributed by atoms with Gasteiger partial charge in [0.05, 0.1) is 6.10 Å². The predicted molar refractivity (Wildman–Crippen MR) is 45.2 cm³/mol. The summed E-state index contributed by atoms with van der Waals surface area (Å²) >= 11 is 0. The van der Waals surface area contributed by atoms with E-state index < -0.39 is 30.3 Å². The van der Waals surface area contributed by atoms with Crippen LogP contribution in [0, 0.1) is 0 Å². The van der Waals surface area contributed by atoms with Crippen molar-refractivity contribution < 1.29 is 27.8 Å². The number of aliphatic hydroxyl groups excluding tert-OH is 1. The summed E-state index contributed by atoms with van der Waals surface area (Å²) in [4.78, 5) is 11.1. The van der Waals surface area contributed by atoms with E-state index >= 15 is 0 Å². The van der Waals surface area contributed by atoms with Crippen molar-refractivity contribution in [3.8, 4) is 0 Å². The Hall–Kier alpha value is -0.880. The third-order valence-corrected chi connectivity index (χ3v) is 2.19. The van der Waals surface area contributed by atoms with Crippen LogP contribution in [-0.4, -0.2) is 35.4 Å². The Balaban J connectivity index is 2.46. The SMILES string of the molecule is C=C(C)C(=O)C(O)C1CC(C(F)(F)F)O1. The molecule has 1 rings (SSSR count). The maximum absolute atomic E-state index is 12.0. The van der Waals surface area contributed by atoms with E-state index in [4.69, 9.17) is 0 Å². The van der Waals surface area contributed by atoms with Gasteiger partial charge in [-0.05, 0) is 12.5 Å². The zero-order chi connectivity index (χ0) is 11.8. The molecule has 1 heterocycles. The van der Waals surface area contributed by atoms with E-state index in [9.17, 15) is 23.1 Å². The molecule has 3 atom stereocenters. The van der Waals surface area contributed by atoms with E-state index in [2.05, 4.69) is 11.3 Å². The van der Waals surface area contributed by atoms with Crippen LogP contribution in [0.2, 0.25) is 0 Å². The number of hydrogen-bond acceptors (Lipinski definition) is 3. The van der Waals surface area contributed by atoms with Gasteiger partial charge in [0, 0.05) is 6.42 Å². The zero-order valence-electron chi connectivity index (χ0n) is 8.04. The normalized spacial score (nSPS) is 28.1. The van der Waals surface area contributed by atoms with Gasteiger partial charge in [0.25, 0.3) is 0 Å². The number of carbonyl (C=O) groups excluding carboxylic acids is 1. The number of Topliss-reactive ketones (excluding diaryl/α,β-unsaturated/α-hetero) is 1. The summed E-state index contributed by atoms with van der Waals surface area (Å²) in [7, 11) is 0. The summed E-state index contributed by atoms with van der Waals surface area (Å²) < 4.78 is 40.4. The average molecular weight is 224 g/mol. The molecule has 3 nitrogen and oxygen atoms in total. The summed E-state index contributed by atoms with van der Waals surface area (Å²) in [6, 6.07) is 0. The quantitative estimate of drug-likeness (QED) is 0.733. The van der Waals surface area contributed by atoms with E-state index in [-0.39, 0.29) is 12.0 Å². The fourth-order valence-electron chi connectivity index (χ4n) is 1.25. The smallest absolute Gasteiger partial charge is 0.382 e. The van der Waals surface area contributed by atoms with Gasteiger partial charge in [-0.15, -0.1) is 0 Å². The molecule has 3 unspecified atom stereocenters. The topological polar surface area (TPSA) is 46.5 Å². The maximum Gasteiger partial charge on any atom is 0.414 e. The Morgan fingerprint density at radius 2 is 2.07 bits per heavy atom. The van der Waals surface area contributed by atoms with Crippen molar-refractivity contribution in [2.24, 2.45) is 0 Å². The number of rotatable bonds is 3. The van der Waals surface area contributed by atoms with Crippen molar-refractivity contribution in [3.05, 3.63) is 12.2 Å². The second-order valence-electron chi connectivity index (χ2n) is 3.53. The second-order valence-corrected chi connectivity index (χ2v) is 3.53. The molecule has 0 amide bonds. The van der Waals surface area contributed by atoms with Crippen molar-refractivity contribution in [2.45, 2.75) is 37.8 Å². The lowest BCUT2D eigenvalue weighted by Crippen LogP contribution is -2.54. The van der Waals surface area contributed by atoms with Crippen LogP contribution in [-0.2, 0) is 9.53 Å². The molecule has 1 aliphatic rings. The third kappa shape index (κ3) is 2.57. The minimum atomic E-state index is -4.43. The number of ether oxygens (including phenoxy) is 1. The van der Waals surface area contributed by atoms with Crippen LogP contribution < -0.4 is 0 Å². The van der Waals surface area contributed by atoms with Crippen molar-refractivity contribution in [2.75, 3.05) is 0 Å². The molecule has 0 radical (unpaired) electrons. The third-order valence-electron chi connectivity index (χ3n) is 2.19. The van der Waals surface area contributed by atoms with E-state index in [1.54, 1.807) is 0 Å². The van der Waals surface area contributed by atoms with Crippen molar-refractivity contribution in [1.82, 2.24) is 0 Å². The van der Waals surface area contributed by atoms with Crippen LogP contribution in [0.3, 0.4) is 0 Å². The highest BCUT2D eigenvalue weighted by Gasteiger charge is 2.52. The monoisotopic (exact) mass is 224 g/mol. The lowest BCUT2D eigenvalue weighted by Gasteiger charge is -2.38. The molecule has 6 heteroatoms. The van der Waals surface area contributed by atoms with E-state index in [0.29, 0.717) is 0 Å². The standard InChI is InChI=1S/C9H11F3O3/c1-4(2)7(13)8(14)5-3-6(15-5)9(10,11)12/h5-6,8,14H,1,3H2,2H3. The first-order valence-electron chi connectivity index (χ1n) is 4.33. The molecule has 0 bridgehead atoms. The van der Waals surface area contributed by atoms with Gasteiger partial charge >= 0.3 is 6.18 Å². The number of carbonyl (C=O) groups is 1. The number of alkyl halides is 3. The molecule has 0 spiro atoms. The highest BCUT2D eigenvalue weighted by Crippen LogP contribution is 2.36. The largest absolute Gasteiger partial charge is 0.414 e. The second kappa shape index (κ2) is 3.94. The van der Waals surface area contributed by atoms with Crippen LogP contribution >= 0.6 is 0 Å². The van der Waals surface area contributed by atoms with Gasteiger partial charge in [0.1, 0.15) is 6.10 Å². The molecule has 1 fully saturated rings. The molecule has 0 aromatic heterocycles. The molecular weight excluding hydrogens is 213 g/mol. The zero-order valence-corrected chi connectivity index (χ0v) is 8.04. The van der Waals surface area contributed by atoms with Crippen LogP contribution in [0.1, 0.15) is 13.3 Å². The fourth-order valence-corrected chi connectivity index (χ4v) is 1.25. The first kappa shape index (κ1) is 12.2. The van der Waals surface area contributed by atoms with E-state index in [0.717, 1.165) is 0 Å². The molecule has 0 saturated carbocycles. The van der Waals surface area contributed by atoms with Gasteiger partial charge in [-0.25, -0.2) is 0 Å². The Morgan fingerprint density at radius 1 is 1.60 bits per heavy atom. The van der Waals surface area contributed by atoms with Gasteiger partial charge in [-0.1, -0.05) is 6.58 Å². The minimum Gasteiger partial charge on any atom is -0.382 e. The van der Waals surface area contributed by atoms with Crippen molar-refractivity contribution >= 4 is 5.78 Å².